The van der Waals surface area contributed by atoms with Gasteiger partial charge in [-0.15, -0.1) is 0 Å². The zero-order valence-electron chi connectivity index (χ0n) is 20.6. The van der Waals surface area contributed by atoms with Crippen LogP contribution in [0.2, 0.25) is 0 Å². The van der Waals surface area contributed by atoms with E-state index in [4.69, 9.17) is 14.6 Å². The quantitative estimate of drug-likeness (QED) is 0.278. The maximum absolute atomic E-state index is 13.4. The number of carbonyl (C=O) groups is 3. The van der Waals surface area contributed by atoms with Gasteiger partial charge >= 0.3 is 5.97 Å². The third-order valence-corrected chi connectivity index (χ3v) is 5.87. The van der Waals surface area contributed by atoms with Gasteiger partial charge in [-0.25, -0.2) is 4.68 Å². The lowest BCUT2D eigenvalue weighted by atomic mass is 9.93. The van der Waals surface area contributed by atoms with Crippen LogP contribution in [0.1, 0.15) is 19.4 Å². The molecule has 9 nitrogen and oxygen atoms in total. The maximum atomic E-state index is 13.4. The van der Waals surface area contributed by atoms with Crippen molar-refractivity contribution < 1.29 is 23.9 Å². The number of nitrogens with zero attached hydrogens (tertiary/aromatic N) is 4. The van der Waals surface area contributed by atoms with Crippen LogP contribution in [0.15, 0.2) is 77.5 Å². The van der Waals surface area contributed by atoms with E-state index >= 15 is 0 Å². The van der Waals surface area contributed by atoms with Crippen LogP contribution in [0.3, 0.4) is 0 Å². The van der Waals surface area contributed by atoms with Crippen LogP contribution in [-0.4, -0.2) is 52.7 Å². The molecule has 4 rings (SSSR count). The van der Waals surface area contributed by atoms with Gasteiger partial charge in [0.25, 0.3) is 11.8 Å². The van der Waals surface area contributed by atoms with Crippen molar-refractivity contribution in [1.82, 2.24) is 14.7 Å². The summed E-state index contributed by atoms with van der Waals surface area (Å²) >= 11 is 0. The highest BCUT2D eigenvalue weighted by molar-refractivity contribution is 6.19. The molecular weight excluding hydrogens is 472 g/mol. The first-order chi connectivity index (χ1) is 17.8. The Bertz CT molecular complexity index is 1460. The molecule has 9 heteroatoms. The van der Waals surface area contributed by atoms with E-state index in [2.05, 4.69) is 0 Å². The number of rotatable bonds is 7. The van der Waals surface area contributed by atoms with Crippen molar-refractivity contribution in [3.8, 4) is 28.8 Å². The van der Waals surface area contributed by atoms with Crippen molar-refractivity contribution >= 4 is 23.9 Å². The molecule has 1 aliphatic rings. The lowest BCUT2D eigenvalue weighted by Crippen LogP contribution is -2.44. The second-order valence-electron chi connectivity index (χ2n) is 8.21. The fourth-order valence-electron chi connectivity index (χ4n) is 3.95. The summed E-state index contributed by atoms with van der Waals surface area (Å²) in [6.07, 6.45) is 3.42. The average Bonchev–Trinajstić information content (AvgIpc) is 3.33. The number of ether oxygens (including phenoxy) is 2. The molecule has 0 aliphatic carbocycles. The van der Waals surface area contributed by atoms with Gasteiger partial charge < -0.3 is 9.47 Å². The molecule has 37 heavy (non-hydrogen) atoms. The Morgan fingerprint density at radius 2 is 1.78 bits per heavy atom. The summed E-state index contributed by atoms with van der Waals surface area (Å²) < 4.78 is 11.9. The number of carbonyl (C=O) groups excluding carboxylic acids is 3. The highest BCUT2D eigenvalue weighted by atomic mass is 16.5. The van der Waals surface area contributed by atoms with Gasteiger partial charge in [0.15, 0.2) is 0 Å². The number of amides is 2. The van der Waals surface area contributed by atoms with Crippen molar-refractivity contribution in [2.45, 2.75) is 13.8 Å². The van der Waals surface area contributed by atoms with E-state index in [9.17, 15) is 19.6 Å². The molecule has 0 atom stereocenters. The Labute approximate surface area is 213 Å². The number of para-hydroxylation sites is 1. The van der Waals surface area contributed by atoms with E-state index in [1.165, 1.54) is 6.92 Å². The number of benzene rings is 2. The Hall–Kier alpha value is -4.97. The van der Waals surface area contributed by atoms with Crippen LogP contribution < -0.4 is 4.74 Å². The van der Waals surface area contributed by atoms with Gasteiger partial charge in [-0.1, -0.05) is 18.2 Å². The third-order valence-electron chi connectivity index (χ3n) is 5.87. The monoisotopic (exact) mass is 496 g/mol. The first-order valence-electron chi connectivity index (χ1n) is 11.5. The molecule has 1 aromatic heterocycles. The first-order valence-corrected chi connectivity index (χ1v) is 11.5. The van der Waals surface area contributed by atoms with E-state index in [-0.39, 0.29) is 29.9 Å². The predicted octanol–water partition coefficient (Wildman–Crippen LogP) is 3.70. The van der Waals surface area contributed by atoms with Crippen LogP contribution in [0.25, 0.3) is 23.0 Å². The van der Waals surface area contributed by atoms with Gasteiger partial charge in [0.05, 0.1) is 25.0 Å². The van der Waals surface area contributed by atoms with Crippen molar-refractivity contribution in [1.29, 1.82) is 5.26 Å². The predicted molar refractivity (Wildman–Crippen MR) is 135 cm³/mol. The molecule has 0 unspecified atom stereocenters. The molecule has 3 aromatic rings. The van der Waals surface area contributed by atoms with Crippen LogP contribution >= 0.6 is 0 Å². The summed E-state index contributed by atoms with van der Waals surface area (Å²) in [7, 11) is 1.58. The zero-order chi connectivity index (χ0) is 26.5. The van der Waals surface area contributed by atoms with Gasteiger partial charge in [0, 0.05) is 29.8 Å². The Morgan fingerprint density at radius 1 is 1.08 bits per heavy atom. The molecule has 0 fully saturated rings. The van der Waals surface area contributed by atoms with Crippen LogP contribution in [-0.2, 0) is 19.1 Å². The number of imide groups is 1. The van der Waals surface area contributed by atoms with Gasteiger partial charge in [-0.3, -0.25) is 19.3 Å². The fourth-order valence-corrected chi connectivity index (χ4v) is 3.95. The van der Waals surface area contributed by atoms with Crippen molar-refractivity contribution in [3.63, 3.8) is 0 Å². The summed E-state index contributed by atoms with van der Waals surface area (Å²) in [5.41, 5.74) is 3.13. The fraction of sp³-hybridized carbons (Fsp3) is 0.179. The van der Waals surface area contributed by atoms with E-state index in [1.807, 2.05) is 60.7 Å². The highest BCUT2D eigenvalue weighted by Crippen LogP contribution is 2.31. The number of esters is 1. The topological polar surface area (TPSA) is 115 Å². The molecule has 0 saturated heterocycles. The van der Waals surface area contributed by atoms with E-state index in [0.717, 1.165) is 16.2 Å². The Kier molecular flexibility index (Phi) is 7.30. The molecule has 0 radical (unpaired) electrons. The van der Waals surface area contributed by atoms with Gasteiger partial charge in [0.1, 0.15) is 24.0 Å². The molecular formula is C28H24N4O5. The maximum Gasteiger partial charge on any atom is 0.302 e. The molecule has 186 valence electrons. The van der Waals surface area contributed by atoms with E-state index in [1.54, 1.807) is 31.0 Å². The van der Waals surface area contributed by atoms with Gasteiger partial charge in [-0.05, 0) is 55.0 Å². The number of methoxy groups -OCH3 is 1. The molecule has 0 spiro atoms. The molecule has 2 heterocycles. The zero-order valence-corrected chi connectivity index (χ0v) is 20.6. The lowest BCUT2D eigenvalue weighted by Gasteiger charge is -2.27. The minimum atomic E-state index is -0.718. The van der Waals surface area contributed by atoms with Crippen LogP contribution in [0.4, 0.5) is 0 Å². The molecule has 2 amide bonds. The van der Waals surface area contributed by atoms with Crippen molar-refractivity contribution in [2.75, 3.05) is 20.3 Å². The molecule has 2 aromatic carbocycles. The number of aromatic nitrogens is 2. The van der Waals surface area contributed by atoms with Crippen LogP contribution in [0.5, 0.6) is 5.75 Å². The minimum absolute atomic E-state index is 0.143. The molecule has 0 bridgehead atoms. The normalized spacial score (nSPS) is 14.6. The average molecular weight is 497 g/mol. The molecule has 0 N–H and O–H groups in total. The number of hydrogen-bond acceptors (Lipinski definition) is 7. The summed E-state index contributed by atoms with van der Waals surface area (Å²) in [5.74, 6) is -1.14. The second kappa shape index (κ2) is 10.7. The summed E-state index contributed by atoms with van der Waals surface area (Å²) in [6, 6.07) is 18.8. The SMILES string of the molecule is COc1ccc(-c2nn(-c3ccccc3)cc2/C=C2/C(=O)N(CCOC(C)=O)C(=O)C(C#N)=C2C)cc1. The standard InChI is InChI=1S/C28H24N4O5/c1-18-24(27(34)31(13-14-37-19(2)33)28(35)25(18)16-29)15-21-17-32(22-7-5-4-6-8-22)30-26(21)20-9-11-23(36-3)12-10-20/h4-12,15,17H,13-14H2,1-3H3/b24-15+. The van der Waals surface area contributed by atoms with E-state index < -0.39 is 17.8 Å². The smallest absolute Gasteiger partial charge is 0.302 e. The molecule has 1 aliphatic heterocycles. The van der Waals surface area contributed by atoms with E-state index in [0.29, 0.717) is 17.0 Å². The van der Waals surface area contributed by atoms with Crippen LogP contribution in [0, 0.1) is 11.3 Å². The Morgan fingerprint density at radius 3 is 2.41 bits per heavy atom. The second-order valence-corrected chi connectivity index (χ2v) is 8.21. The minimum Gasteiger partial charge on any atom is -0.497 e. The van der Waals surface area contributed by atoms with Gasteiger partial charge in [-0.2, -0.15) is 10.4 Å². The van der Waals surface area contributed by atoms with Crippen molar-refractivity contribution in [2.24, 2.45) is 0 Å². The number of hydrogen-bond donors (Lipinski definition) is 0. The van der Waals surface area contributed by atoms with Crippen molar-refractivity contribution in [3.05, 3.63) is 83.1 Å². The number of nitriles is 1. The summed E-state index contributed by atoms with van der Waals surface area (Å²) in [5, 5.41) is 14.4. The van der Waals surface area contributed by atoms with Gasteiger partial charge in [0.2, 0.25) is 0 Å². The lowest BCUT2D eigenvalue weighted by molar-refractivity contribution is -0.147. The summed E-state index contributed by atoms with van der Waals surface area (Å²) in [6.45, 7) is 2.47. The third kappa shape index (κ3) is 5.18. The largest absolute Gasteiger partial charge is 0.497 e. The molecule has 0 saturated carbocycles. The Balaban J connectivity index is 1.84. The highest BCUT2D eigenvalue weighted by Gasteiger charge is 2.35. The first kappa shape index (κ1) is 25.1. The summed E-state index contributed by atoms with van der Waals surface area (Å²) in [4.78, 5) is 38.3.